The van der Waals surface area contributed by atoms with Gasteiger partial charge < -0.3 is 15.2 Å². The van der Waals surface area contributed by atoms with E-state index in [1.807, 2.05) is 25.1 Å². The first-order valence-corrected chi connectivity index (χ1v) is 8.14. The van der Waals surface area contributed by atoms with E-state index < -0.39 is 0 Å². The van der Waals surface area contributed by atoms with Crippen molar-refractivity contribution in [1.82, 2.24) is 5.32 Å². The minimum Gasteiger partial charge on any atom is -0.496 e. The Morgan fingerprint density at radius 2 is 2.18 bits per heavy atom. The van der Waals surface area contributed by atoms with Crippen molar-refractivity contribution in [3.05, 3.63) is 29.3 Å². The lowest BCUT2D eigenvalue weighted by molar-refractivity contribution is -0.123. The normalized spacial score (nSPS) is 21.8. The standard InChI is InChI=1S/C18H27NO3/c1-4-16(14-10-15(20)11-14)19-18(21)8-7-13-6-5-12(2)17(9-13)22-3/h5-6,9,14-16,20H,4,7-8,10-11H2,1-3H3,(H,19,21)/t14?,15?,16-/m1/s1. The molecule has 1 aliphatic carbocycles. The van der Waals surface area contributed by atoms with Gasteiger partial charge in [0.25, 0.3) is 0 Å². The molecular weight excluding hydrogens is 278 g/mol. The van der Waals surface area contributed by atoms with Gasteiger partial charge in [0.05, 0.1) is 13.2 Å². The first kappa shape index (κ1) is 16.8. The van der Waals surface area contributed by atoms with Crippen LogP contribution in [0.5, 0.6) is 5.75 Å². The van der Waals surface area contributed by atoms with Crippen molar-refractivity contribution in [1.29, 1.82) is 0 Å². The van der Waals surface area contributed by atoms with E-state index >= 15 is 0 Å². The number of aliphatic hydroxyl groups excluding tert-OH is 1. The van der Waals surface area contributed by atoms with Gasteiger partial charge in [-0.15, -0.1) is 0 Å². The third-order valence-electron chi connectivity index (χ3n) is 4.62. The van der Waals surface area contributed by atoms with Crippen LogP contribution in [0.3, 0.4) is 0 Å². The summed E-state index contributed by atoms with van der Waals surface area (Å²) in [4.78, 5) is 12.1. The van der Waals surface area contributed by atoms with E-state index in [-0.39, 0.29) is 18.1 Å². The van der Waals surface area contributed by atoms with Crippen LogP contribution in [0.25, 0.3) is 0 Å². The highest BCUT2D eigenvalue weighted by Gasteiger charge is 2.33. The molecule has 0 spiro atoms. The van der Waals surface area contributed by atoms with Gasteiger partial charge in [0.1, 0.15) is 5.75 Å². The number of ether oxygens (including phenoxy) is 1. The molecule has 1 aromatic carbocycles. The van der Waals surface area contributed by atoms with Crippen LogP contribution in [0.15, 0.2) is 18.2 Å². The topological polar surface area (TPSA) is 58.6 Å². The van der Waals surface area contributed by atoms with Gasteiger partial charge in [-0.25, -0.2) is 0 Å². The van der Waals surface area contributed by atoms with E-state index in [1.54, 1.807) is 7.11 Å². The van der Waals surface area contributed by atoms with Crippen molar-refractivity contribution in [2.24, 2.45) is 5.92 Å². The second-order valence-corrected chi connectivity index (χ2v) is 6.27. The van der Waals surface area contributed by atoms with Crippen molar-refractivity contribution >= 4 is 5.91 Å². The maximum Gasteiger partial charge on any atom is 0.220 e. The van der Waals surface area contributed by atoms with Crippen LogP contribution in [0.2, 0.25) is 0 Å². The number of rotatable bonds is 7. The summed E-state index contributed by atoms with van der Waals surface area (Å²) in [6, 6.07) is 6.27. The van der Waals surface area contributed by atoms with E-state index in [0.717, 1.165) is 36.1 Å². The Balaban J connectivity index is 1.82. The number of benzene rings is 1. The molecule has 2 N–H and O–H groups in total. The van der Waals surface area contributed by atoms with E-state index in [9.17, 15) is 9.90 Å². The van der Waals surface area contributed by atoms with Gasteiger partial charge in [0.2, 0.25) is 5.91 Å². The first-order chi connectivity index (χ1) is 10.5. The molecular formula is C18H27NO3. The van der Waals surface area contributed by atoms with Crippen LogP contribution in [0, 0.1) is 12.8 Å². The molecule has 0 aromatic heterocycles. The lowest BCUT2D eigenvalue weighted by Gasteiger charge is -2.37. The van der Waals surface area contributed by atoms with Gasteiger partial charge in [-0.1, -0.05) is 19.1 Å². The smallest absolute Gasteiger partial charge is 0.220 e. The number of aryl methyl sites for hydroxylation is 2. The van der Waals surface area contributed by atoms with Crippen molar-refractivity contribution in [3.8, 4) is 5.75 Å². The van der Waals surface area contributed by atoms with Crippen LogP contribution in [0.4, 0.5) is 0 Å². The summed E-state index contributed by atoms with van der Waals surface area (Å²) in [6.07, 6.45) is 3.57. The van der Waals surface area contributed by atoms with Crippen LogP contribution >= 0.6 is 0 Å². The van der Waals surface area contributed by atoms with Gasteiger partial charge >= 0.3 is 0 Å². The summed E-state index contributed by atoms with van der Waals surface area (Å²) in [5, 5.41) is 12.5. The summed E-state index contributed by atoms with van der Waals surface area (Å²) in [6.45, 7) is 4.09. The Hall–Kier alpha value is -1.55. The fraction of sp³-hybridized carbons (Fsp3) is 0.611. The molecule has 1 aliphatic rings. The van der Waals surface area contributed by atoms with Gasteiger partial charge in [-0.2, -0.15) is 0 Å². The predicted molar refractivity (Wildman–Crippen MR) is 87.0 cm³/mol. The van der Waals surface area contributed by atoms with E-state index in [4.69, 9.17) is 4.74 Å². The van der Waals surface area contributed by atoms with E-state index in [0.29, 0.717) is 18.8 Å². The quantitative estimate of drug-likeness (QED) is 0.814. The van der Waals surface area contributed by atoms with Crippen molar-refractivity contribution in [3.63, 3.8) is 0 Å². The number of nitrogens with one attached hydrogen (secondary N) is 1. The molecule has 1 fully saturated rings. The number of aliphatic hydroxyl groups is 1. The zero-order chi connectivity index (χ0) is 16.1. The number of carbonyl (C=O) groups excluding carboxylic acids is 1. The average Bonchev–Trinajstić information content (AvgIpc) is 2.49. The summed E-state index contributed by atoms with van der Waals surface area (Å²) in [5.41, 5.74) is 2.22. The Morgan fingerprint density at radius 3 is 2.77 bits per heavy atom. The summed E-state index contributed by atoms with van der Waals surface area (Å²) >= 11 is 0. The number of carbonyl (C=O) groups is 1. The maximum absolute atomic E-state index is 12.1. The Bertz CT molecular complexity index is 509. The van der Waals surface area contributed by atoms with Crippen LogP contribution in [-0.4, -0.2) is 30.3 Å². The second-order valence-electron chi connectivity index (χ2n) is 6.27. The molecule has 2 rings (SSSR count). The lowest BCUT2D eigenvalue weighted by atomic mass is 9.76. The largest absolute Gasteiger partial charge is 0.496 e. The number of methoxy groups -OCH3 is 1. The molecule has 0 unspecified atom stereocenters. The van der Waals surface area contributed by atoms with Gasteiger partial charge in [0, 0.05) is 12.5 Å². The van der Waals surface area contributed by atoms with Crippen molar-refractivity contribution < 1.29 is 14.6 Å². The summed E-state index contributed by atoms with van der Waals surface area (Å²) in [5.74, 6) is 1.39. The molecule has 1 amide bonds. The van der Waals surface area contributed by atoms with E-state index in [1.165, 1.54) is 0 Å². The second kappa shape index (κ2) is 7.63. The third-order valence-corrected chi connectivity index (χ3v) is 4.62. The average molecular weight is 305 g/mol. The molecule has 1 aromatic rings. The molecule has 122 valence electrons. The minimum atomic E-state index is -0.170. The van der Waals surface area contributed by atoms with Crippen molar-refractivity contribution in [2.45, 2.75) is 58.1 Å². The monoisotopic (exact) mass is 305 g/mol. The number of hydrogen-bond donors (Lipinski definition) is 2. The van der Waals surface area contributed by atoms with Crippen LogP contribution in [-0.2, 0) is 11.2 Å². The number of amides is 1. The van der Waals surface area contributed by atoms with Gasteiger partial charge in [0.15, 0.2) is 0 Å². The highest BCUT2D eigenvalue weighted by molar-refractivity contribution is 5.76. The van der Waals surface area contributed by atoms with Crippen LogP contribution < -0.4 is 10.1 Å². The Kier molecular flexibility index (Phi) is 5.83. The highest BCUT2D eigenvalue weighted by atomic mass is 16.5. The SMILES string of the molecule is CC[C@@H](NC(=O)CCc1ccc(C)c(OC)c1)C1CC(O)C1. The highest BCUT2D eigenvalue weighted by Crippen LogP contribution is 2.31. The maximum atomic E-state index is 12.1. The summed E-state index contributed by atoms with van der Waals surface area (Å²) < 4.78 is 5.31. The molecule has 0 bridgehead atoms. The first-order valence-electron chi connectivity index (χ1n) is 8.14. The molecule has 0 heterocycles. The molecule has 1 atom stereocenters. The fourth-order valence-electron chi connectivity index (χ4n) is 3.07. The molecule has 0 saturated heterocycles. The third kappa shape index (κ3) is 4.23. The van der Waals surface area contributed by atoms with Crippen LogP contribution in [0.1, 0.15) is 43.7 Å². The molecule has 1 saturated carbocycles. The van der Waals surface area contributed by atoms with Gasteiger partial charge in [-0.05, 0) is 55.7 Å². The molecule has 22 heavy (non-hydrogen) atoms. The number of hydrogen-bond acceptors (Lipinski definition) is 3. The summed E-state index contributed by atoms with van der Waals surface area (Å²) in [7, 11) is 1.66. The molecule has 0 radical (unpaired) electrons. The zero-order valence-electron chi connectivity index (χ0n) is 13.8. The van der Waals surface area contributed by atoms with Gasteiger partial charge in [-0.3, -0.25) is 4.79 Å². The Labute approximate surface area is 132 Å². The molecule has 4 nitrogen and oxygen atoms in total. The molecule has 0 aliphatic heterocycles. The zero-order valence-corrected chi connectivity index (χ0v) is 13.8. The van der Waals surface area contributed by atoms with Crippen molar-refractivity contribution in [2.75, 3.05) is 7.11 Å². The minimum absolute atomic E-state index is 0.0905. The lowest BCUT2D eigenvalue weighted by Crippen LogP contribution is -2.46. The fourth-order valence-corrected chi connectivity index (χ4v) is 3.07. The predicted octanol–water partition coefficient (Wildman–Crippen LogP) is 2.60. The Morgan fingerprint density at radius 1 is 1.45 bits per heavy atom. The van der Waals surface area contributed by atoms with E-state index in [2.05, 4.69) is 12.2 Å². The molecule has 4 heteroatoms.